The molecule has 0 bridgehead atoms. The van der Waals surface area contributed by atoms with Crippen molar-refractivity contribution in [2.45, 2.75) is 64.0 Å². The highest BCUT2D eigenvalue weighted by atomic mass is 35.5. The minimum absolute atomic E-state index is 0.0458. The summed E-state index contributed by atoms with van der Waals surface area (Å²) in [7, 11) is 0. The summed E-state index contributed by atoms with van der Waals surface area (Å²) < 4.78 is 1.28. The third-order valence-electron chi connectivity index (χ3n) is 6.07. The van der Waals surface area contributed by atoms with E-state index in [1.807, 2.05) is 12.1 Å². The molecule has 1 aliphatic heterocycles. The first kappa shape index (κ1) is 21.4. The van der Waals surface area contributed by atoms with Gasteiger partial charge < -0.3 is 5.11 Å². The second-order valence-electron chi connectivity index (χ2n) is 8.03. The van der Waals surface area contributed by atoms with E-state index in [1.54, 1.807) is 19.1 Å². The van der Waals surface area contributed by atoms with Gasteiger partial charge in [-0.05, 0) is 30.5 Å². The van der Waals surface area contributed by atoms with Gasteiger partial charge in [0.05, 0.1) is 11.8 Å². The van der Waals surface area contributed by atoms with Gasteiger partial charge in [0.1, 0.15) is 5.56 Å². The lowest BCUT2D eigenvalue weighted by Crippen LogP contribution is -2.36. The van der Waals surface area contributed by atoms with E-state index in [0.29, 0.717) is 5.02 Å². The van der Waals surface area contributed by atoms with Crippen molar-refractivity contribution in [2.24, 2.45) is 5.10 Å². The molecular weight excluding hydrogens is 420 g/mol. The van der Waals surface area contributed by atoms with Crippen molar-refractivity contribution >= 4 is 23.2 Å². The molecule has 0 unspecified atom stereocenters. The smallest absolute Gasteiger partial charge is 0.331 e. The van der Waals surface area contributed by atoms with E-state index < -0.39 is 17.3 Å². The highest BCUT2D eigenvalue weighted by Gasteiger charge is 2.35. The summed E-state index contributed by atoms with van der Waals surface area (Å²) in [6.45, 7) is 1.74. The van der Waals surface area contributed by atoms with Crippen molar-refractivity contribution in [2.75, 3.05) is 0 Å². The number of nitrogens with one attached hydrogen (secondary N) is 1. The van der Waals surface area contributed by atoms with Gasteiger partial charge in [0.25, 0.3) is 5.56 Å². The van der Waals surface area contributed by atoms with Crippen LogP contribution in [-0.4, -0.2) is 31.3 Å². The van der Waals surface area contributed by atoms with Crippen LogP contribution in [0.25, 0.3) is 0 Å². The topological polar surface area (TPSA) is 108 Å². The Kier molecular flexibility index (Phi) is 6.00. The molecular formula is C22H25ClN4O4. The number of hydrogen-bond acceptors (Lipinski definition) is 5. The van der Waals surface area contributed by atoms with Crippen molar-refractivity contribution in [1.82, 2.24) is 14.6 Å². The molecule has 9 heteroatoms. The molecule has 2 aliphatic rings. The summed E-state index contributed by atoms with van der Waals surface area (Å²) in [5, 5.41) is 17.3. The third kappa shape index (κ3) is 4.04. The van der Waals surface area contributed by atoms with Gasteiger partial charge in [-0.1, -0.05) is 49.9 Å². The molecule has 1 aromatic carbocycles. The molecule has 1 atom stereocenters. The Morgan fingerprint density at radius 2 is 1.87 bits per heavy atom. The van der Waals surface area contributed by atoms with Crippen LogP contribution >= 0.6 is 11.6 Å². The van der Waals surface area contributed by atoms with Gasteiger partial charge in [-0.15, -0.1) is 0 Å². The summed E-state index contributed by atoms with van der Waals surface area (Å²) >= 11 is 6.00. The van der Waals surface area contributed by atoms with Crippen LogP contribution in [0.15, 0.2) is 39.0 Å². The van der Waals surface area contributed by atoms with Crippen molar-refractivity contribution in [3.63, 3.8) is 0 Å². The van der Waals surface area contributed by atoms with E-state index in [0.717, 1.165) is 37.7 Å². The third-order valence-corrected chi connectivity index (χ3v) is 6.32. The van der Waals surface area contributed by atoms with Gasteiger partial charge in [0, 0.05) is 23.9 Å². The molecule has 8 nitrogen and oxygen atoms in total. The summed E-state index contributed by atoms with van der Waals surface area (Å²) in [6, 6.07) is 6.50. The molecule has 2 N–H and O–H groups in total. The van der Waals surface area contributed by atoms with Crippen LogP contribution in [0.2, 0.25) is 5.02 Å². The zero-order valence-electron chi connectivity index (χ0n) is 17.3. The second-order valence-corrected chi connectivity index (χ2v) is 8.47. The lowest BCUT2D eigenvalue weighted by Gasteiger charge is -2.25. The first-order valence-electron chi connectivity index (χ1n) is 10.6. The quantitative estimate of drug-likeness (QED) is 0.752. The van der Waals surface area contributed by atoms with E-state index in [4.69, 9.17) is 11.6 Å². The van der Waals surface area contributed by atoms with Gasteiger partial charge in [0.15, 0.2) is 0 Å². The molecule has 0 saturated heterocycles. The standard InChI is InChI=1S/C22H25ClN4O4/c1-2-18(28)27-17(13-8-10-14(23)11-9-13)12-16(25-27)19-20(29)24-22(31)26(21(19)30)15-6-4-3-5-7-15/h8-11,15,17,30H,2-7,12H2,1H3,(H,24,29,31)/t17-/m1/s1. The maximum Gasteiger partial charge on any atom is 0.331 e. The molecule has 1 aliphatic carbocycles. The molecule has 4 rings (SSSR count). The second kappa shape index (κ2) is 8.70. The van der Waals surface area contributed by atoms with Gasteiger partial charge in [-0.2, -0.15) is 5.10 Å². The van der Waals surface area contributed by atoms with E-state index in [1.165, 1.54) is 9.58 Å². The number of rotatable bonds is 4. The fourth-order valence-corrected chi connectivity index (χ4v) is 4.60. The number of amides is 1. The predicted molar refractivity (Wildman–Crippen MR) is 118 cm³/mol. The van der Waals surface area contributed by atoms with Gasteiger partial charge in [-0.25, -0.2) is 9.80 Å². The van der Waals surface area contributed by atoms with Crippen LogP contribution in [0.4, 0.5) is 0 Å². The van der Waals surface area contributed by atoms with Crippen LogP contribution in [0.5, 0.6) is 5.88 Å². The first-order chi connectivity index (χ1) is 14.9. The van der Waals surface area contributed by atoms with Gasteiger partial charge in [-0.3, -0.25) is 19.1 Å². The average Bonchev–Trinajstić information content (AvgIpc) is 3.19. The number of nitrogens with zero attached hydrogens (tertiary/aromatic N) is 3. The lowest BCUT2D eigenvalue weighted by molar-refractivity contribution is -0.132. The maximum atomic E-state index is 12.7. The van der Waals surface area contributed by atoms with E-state index in [2.05, 4.69) is 10.1 Å². The summed E-state index contributed by atoms with van der Waals surface area (Å²) in [4.78, 5) is 40.1. The van der Waals surface area contributed by atoms with E-state index >= 15 is 0 Å². The Bertz CT molecular complexity index is 1130. The Hall–Kier alpha value is -2.87. The predicted octanol–water partition coefficient (Wildman–Crippen LogP) is 3.49. The Balaban J connectivity index is 1.78. The van der Waals surface area contributed by atoms with Crippen molar-refractivity contribution in [3.8, 4) is 5.88 Å². The highest BCUT2D eigenvalue weighted by molar-refractivity contribution is 6.30. The van der Waals surface area contributed by atoms with Gasteiger partial charge in [0.2, 0.25) is 11.8 Å². The van der Waals surface area contributed by atoms with Crippen LogP contribution in [0, 0.1) is 0 Å². The minimum Gasteiger partial charge on any atom is -0.494 e. The monoisotopic (exact) mass is 444 g/mol. The molecule has 1 aromatic heterocycles. The Labute approximate surface area is 184 Å². The number of halogens is 1. The molecule has 0 radical (unpaired) electrons. The van der Waals surface area contributed by atoms with Crippen LogP contribution < -0.4 is 11.2 Å². The number of hydrogen-bond donors (Lipinski definition) is 2. The van der Waals surface area contributed by atoms with Crippen molar-refractivity contribution in [3.05, 3.63) is 61.3 Å². The van der Waals surface area contributed by atoms with Crippen molar-refractivity contribution in [1.29, 1.82) is 0 Å². The van der Waals surface area contributed by atoms with Crippen molar-refractivity contribution < 1.29 is 9.90 Å². The average molecular weight is 445 g/mol. The number of aromatic hydroxyl groups is 1. The summed E-state index contributed by atoms with van der Waals surface area (Å²) in [5.41, 5.74) is -0.261. The molecule has 2 heterocycles. The lowest BCUT2D eigenvalue weighted by atomic mass is 9.95. The molecule has 164 valence electrons. The first-order valence-corrected chi connectivity index (χ1v) is 11.0. The number of aromatic nitrogens is 2. The molecule has 0 spiro atoms. The van der Waals surface area contributed by atoms with Crippen LogP contribution in [0.1, 0.15) is 75.1 Å². The molecule has 1 saturated carbocycles. The zero-order valence-corrected chi connectivity index (χ0v) is 18.1. The minimum atomic E-state index is -0.700. The molecule has 31 heavy (non-hydrogen) atoms. The number of benzene rings is 1. The number of hydrazone groups is 1. The maximum absolute atomic E-state index is 12.7. The summed E-state index contributed by atoms with van der Waals surface area (Å²) in [6.07, 6.45) is 5.02. The van der Waals surface area contributed by atoms with E-state index in [-0.39, 0.29) is 41.9 Å². The van der Waals surface area contributed by atoms with Gasteiger partial charge >= 0.3 is 5.69 Å². The Morgan fingerprint density at radius 3 is 2.52 bits per heavy atom. The molecule has 1 fully saturated rings. The van der Waals surface area contributed by atoms with E-state index in [9.17, 15) is 19.5 Å². The SMILES string of the molecule is CCC(=O)N1N=C(c2c(O)n(C3CCCCC3)c(=O)[nH]c2=O)C[C@@H]1c1ccc(Cl)cc1. The fraction of sp³-hybridized carbons (Fsp3) is 0.455. The number of carbonyl (C=O) groups excluding carboxylic acids is 1. The highest BCUT2D eigenvalue weighted by Crippen LogP contribution is 2.36. The normalized spacial score (nSPS) is 19.5. The fourth-order valence-electron chi connectivity index (χ4n) is 4.47. The summed E-state index contributed by atoms with van der Waals surface area (Å²) in [5.74, 6) is -0.577. The number of carbonyl (C=O) groups is 1. The van der Waals surface area contributed by atoms with Crippen LogP contribution in [0.3, 0.4) is 0 Å². The zero-order chi connectivity index (χ0) is 22.1. The number of aromatic amines is 1. The van der Waals surface area contributed by atoms with Crippen LogP contribution in [-0.2, 0) is 4.79 Å². The Morgan fingerprint density at radius 1 is 1.19 bits per heavy atom. The largest absolute Gasteiger partial charge is 0.494 e. The number of H-pyrrole nitrogens is 1. The molecule has 2 aromatic rings. The molecule has 1 amide bonds.